The third kappa shape index (κ3) is 4.40. The molecule has 1 heterocycles. The molecule has 2 aromatic rings. The summed E-state index contributed by atoms with van der Waals surface area (Å²) in [6, 6.07) is 8.45. The van der Waals surface area contributed by atoms with Gasteiger partial charge in [0.25, 0.3) is 5.91 Å². The fourth-order valence-electron chi connectivity index (χ4n) is 1.93. The van der Waals surface area contributed by atoms with Crippen molar-refractivity contribution in [3.8, 4) is 17.6 Å². The number of carbonyl (C=O) groups excluding carboxylic acids is 1. The Bertz CT molecular complexity index is 792. The smallest absolute Gasteiger partial charge is 0.262 e. The zero-order valence-corrected chi connectivity index (χ0v) is 14.5. The highest BCUT2D eigenvalue weighted by Crippen LogP contribution is 2.36. The van der Waals surface area contributed by atoms with Gasteiger partial charge >= 0.3 is 0 Å². The summed E-state index contributed by atoms with van der Waals surface area (Å²) in [7, 11) is 0. The molecule has 6 nitrogen and oxygen atoms in total. The quantitative estimate of drug-likeness (QED) is 0.582. The molecule has 0 atom stereocenters. The number of phenolic OH excluding ortho intramolecular Hbond substituents is 1. The van der Waals surface area contributed by atoms with E-state index in [4.69, 9.17) is 9.15 Å². The van der Waals surface area contributed by atoms with Crippen molar-refractivity contribution in [2.24, 2.45) is 0 Å². The molecule has 24 heavy (non-hydrogen) atoms. The number of phenols is 1. The maximum Gasteiger partial charge on any atom is 0.262 e. The highest BCUT2D eigenvalue weighted by Gasteiger charge is 2.12. The number of hydrogen-bond acceptors (Lipinski definition) is 5. The molecule has 2 N–H and O–H groups in total. The highest BCUT2D eigenvalue weighted by molar-refractivity contribution is 9.10. The van der Waals surface area contributed by atoms with E-state index in [9.17, 15) is 15.2 Å². The van der Waals surface area contributed by atoms with E-state index in [1.165, 1.54) is 12.3 Å². The van der Waals surface area contributed by atoms with Crippen LogP contribution in [0.25, 0.3) is 6.08 Å². The van der Waals surface area contributed by atoms with Gasteiger partial charge in [-0.1, -0.05) is 0 Å². The predicted molar refractivity (Wildman–Crippen MR) is 91.1 cm³/mol. The lowest BCUT2D eigenvalue weighted by molar-refractivity contribution is -0.117. The molecule has 0 aliphatic carbocycles. The van der Waals surface area contributed by atoms with E-state index in [0.29, 0.717) is 22.4 Å². The number of nitrogens with zero attached hydrogens (tertiary/aromatic N) is 1. The van der Waals surface area contributed by atoms with Gasteiger partial charge in [-0.15, -0.1) is 0 Å². The Kier molecular flexibility index (Phi) is 6.04. The molecular formula is C17H15BrN2O4. The minimum Gasteiger partial charge on any atom is -0.503 e. The summed E-state index contributed by atoms with van der Waals surface area (Å²) in [6.07, 6.45) is 2.93. The average molecular weight is 391 g/mol. The second-order valence-electron chi connectivity index (χ2n) is 4.71. The number of amides is 1. The van der Waals surface area contributed by atoms with E-state index < -0.39 is 5.91 Å². The number of nitrogens with one attached hydrogen (secondary N) is 1. The van der Waals surface area contributed by atoms with Crippen molar-refractivity contribution in [1.82, 2.24) is 5.32 Å². The van der Waals surface area contributed by atoms with Crippen molar-refractivity contribution >= 4 is 27.9 Å². The Labute approximate surface area is 147 Å². The van der Waals surface area contributed by atoms with Crippen LogP contribution in [-0.4, -0.2) is 17.6 Å². The van der Waals surface area contributed by atoms with Gasteiger partial charge in [-0.25, -0.2) is 0 Å². The first kappa shape index (κ1) is 17.6. The van der Waals surface area contributed by atoms with Crippen LogP contribution in [-0.2, 0) is 11.3 Å². The molecule has 7 heteroatoms. The van der Waals surface area contributed by atoms with E-state index in [-0.39, 0.29) is 23.6 Å². The SMILES string of the molecule is CCOc1cc(/C=C(\C#N)C(=O)NCc2ccco2)cc(Br)c1O. The number of benzene rings is 1. The third-order valence-corrected chi connectivity index (χ3v) is 3.63. The van der Waals surface area contributed by atoms with E-state index in [0.717, 1.165) is 0 Å². The van der Waals surface area contributed by atoms with Crippen LogP contribution in [0.1, 0.15) is 18.2 Å². The van der Waals surface area contributed by atoms with Gasteiger partial charge in [0.2, 0.25) is 0 Å². The maximum atomic E-state index is 12.1. The standard InChI is InChI=1S/C17H15BrN2O4/c1-2-23-15-8-11(7-14(18)16(15)21)6-12(9-19)17(22)20-10-13-4-3-5-24-13/h3-8,21H,2,10H2,1H3,(H,20,22)/b12-6+. The molecule has 124 valence electrons. The summed E-state index contributed by atoms with van der Waals surface area (Å²) in [4.78, 5) is 12.1. The fourth-order valence-corrected chi connectivity index (χ4v) is 2.39. The van der Waals surface area contributed by atoms with Gasteiger partial charge in [0, 0.05) is 0 Å². The minimum absolute atomic E-state index is 0.0326. The number of ether oxygens (including phenoxy) is 1. The molecule has 0 bridgehead atoms. The van der Waals surface area contributed by atoms with Crippen molar-refractivity contribution in [3.63, 3.8) is 0 Å². The summed E-state index contributed by atoms with van der Waals surface area (Å²) in [5.41, 5.74) is 0.481. The summed E-state index contributed by atoms with van der Waals surface area (Å²) in [5, 5.41) is 21.7. The lowest BCUT2D eigenvalue weighted by Gasteiger charge is -2.09. The summed E-state index contributed by atoms with van der Waals surface area (Å²) < 4.78 is 10.9. The van der Waals surface area contributed by atoms with Gasteiger partial charge < -0.3 is 19.6 Å². The Morgan fingerprint density at radius 2 is 2.33 bits per heavy atom. The van der Waals surface area contributed by atoms with Crippen LogP contribution >= 0.6 is 15.9 Å². The Hall–Kier alpha value is -2.72. The van der Waals surface area contributed by atoms with E-state index in [1.807, 2.05) is 6.07 Å². The zero-order valence-electron chi connectivity index (χ0n) is 12.9. The molecular weight excluding hydrogens is 376 g/mol. The fraction of sp³-hybridized carbons (Fsp3) is 0.176. The second-order valence-corrected chi connectivity index (χ2v) is 5.57. The van der Waals surface area contributed by atoms with Crippen LogP contribution < -0.4 is 10.1 Å². The number of furan rings is 1. The van der Waals surface area contributed by atoms with Crippen molar-refractivity contribution in [1.29, 1.82) is 5.26 Å². The van der Waals surface area contributed by atoms with Crippen molar-refractivity contribution in [3.05, 3.63) is 51.9 Å². The lowest BCUT2D eigenvalue weighted by atomic mass is 10.1. The topological polar surface area (TPSA) is 95.5 Å². The molecule has 1 aromatic heterocycles. The third-order valence-electron chi connectivity index (χ3n) is 3.03. The zero-order chi connectivity index (χ0) is 17.5. The molecule has 0 radical (unpaired) electrons. The summed E-state index contributed by atoms with van der Waals surface area (Å²) in [6.45, 7) is 2.36. The molecule has 0 aliphatic heterocycles. The van der Waals surface area contributed by atoms with Gasteiger partial charge in [0.1, 0.15) is 17.4 Å². The molecule has 0 saturated carbocycles. The van der Waals surface area contributed by atoms with Crippen molar-refractivity contribution in [2.45, 2.75) is 13.5 Å². The van der Waals surface area contributed by atoms with Gasteiger partial charge in [0.05, 0.1) is 23.9 Å². The molecule has 2 rings (SSSR count). The van der Waals surface area contributed by atoms with Crippen LogP contribution in [0.2, 0.25) is 0 Å². The van der Waals surface area contributed by atoms with Crippen LogP contribution in [0.15, 0.2) is 45.0 Å². The van der Waals surface area contributed by atoms with Crippen LogP contribution in [0.3, 0.4) is 0 Å². The summed E-state index contributed by atoms with van der Waals surface area (Å²) >= 11 is 3.22. The predicted octanol–water partition coefficient (Wildman–Crippen LogP) is 3.37. The molecule has 0 spiro atoms. The first-order chi connectivity index (χ1) is 11.5. The number of rotatable bonds is 6. The first-order valence-corrected chi connectivity index (χ1v) is 7.92. The highest BCUT2D eigenvalue weighted by atomic mass is 79.9. The molecule has 0 unspecified atom stereocenters. The van der Waals surface area contributed by atoms with Crippen LogP contribution in [0.5, 0.6) is 11.5 Å². The van der Waals surface area contributed by atoms with Crippen LogP contribution in [0.4, 0.5) is 0 Å². The molecule has 1 aromatic carbocycles. The Balaban J connectivity index is 2.20. The van der Waals surface area contributed by atoms with E-state index in [2.05, 4.69) is 21.2 Å². The molecule has 0 aliphatic rings. The van der Waals surface area contributed by atoms with E-state index in [1.54, 1.807) is 31.2 Å². The molecule has 1 amide bonds. The second kappa shape index (κ2) is 8.22. The average Bonchev–Trinajstić information content (AvgIpc) is 3.08. The monoisotopic (exact) mass is 390 g/mol. The largest absolute Gasteiger partial charge is 0.503 e. The number of halogens is 1. The lowest BCUT2D eigenvalue weighted by Crippen LogP contribution is -2.23. The maximum absolute atomic E-state index is 12.1. The Morgan fingerprint density at radius 3 is 2.96 bits per heavy atom. The number of hydrogen-bond donors (Lipinski definition) is 2. The first-order valence-electron chi connectivity index (χ1n) is 7.12. The Morgan fingerprint density at radius 1 is 1.54 bits per heavy atom. The van der Waals surface area contributed by atoms with Gasteiger partial charge in [0.15, 0.2) is 11.5 Å². The van der Waals surface area contributed by atoms with Gasteiger partial charge in [-0.2, -0.15) is 5.26 Å². The number of nitriles is 1. The van der Waals surface area contributed by atoms with E-state index >= 15 is 0 Å². The van der Waals surface area contributed by atoms with Crippen molar-refractivity contribution in [2.75, 3.05) is 6.61 Å². The number of aromatic hydroxyl groups is 1. The van der Waals surface area contributed by atoms with Crippen molar-refractivity contribution < 1.29 is 19.1 Å². The van der Waals surface area contributed by atoms with Gasteiger partial charge in [-0.05, 0) is 58.8 Å². The van der Waals surface area contributed by atoms with Crippen LogP contribution in [0, 0.1) is 11.3 Å². The molecule has 0 fully saturated rings. The molecule has 0 saturated heterocycles. The van der Waals surface area contributed by atoms with Gasteiger partial charge in [-0.3, -0.25) is 4.79 Å². The normalized spacial score (nSPS) is 11.0. The minimum atomic E-state index is -0.518. The summed E-state index contributed by atoms with van der Waals surface area (Å²) in [5.74, 6) is 0.309. The number of carbonyl (C=O) groups is 1.